The van der Waals surface area contributed by atoms with Crippen molar-refractivity contribution in [2.75, 3.05) is 26.3 Å². The predicted molar refractivity (Wildman–Crippen MR) is 150 cm³/mol. The van der Waals surface area contributed by atoms with Crippen molar-refractivity contribution in [3.8, 4) is 0 Å². The van der Waals surface area contributed by atoms with Crippen LogP contribution in [0.1, 0.15) is 63.3 Å². The number of nitrogens with one attached hydrogen (secondary N) is 2. The van der Waals surface area contributed by atoms with Gasteiger partial charge in [0.2, 0.25) is 0 Å². The highest BCUT2D eigenvalue weighted by molar-refractivity contribution is 7.84. The number of halogens is 3. The summed E-state index contributed by atoms with van der Waals surface area (Å²) in [7, 11) is -1.32. The zero-order chi connectivity index (χ0) is 30.3. The smallest absolute Gasteiger partial charge is 0.445 e. The van der Waals surface area contributed by atoms with Crippen molar-refractivity contribution in [1.82, 2.24) is 14.9 Å². The van der Waals surface area contributed by atoms with Crippen molar-refractivity contribution < 1.29 is 36.4 Å². The molecule has 0 radical (unpaired) electrons. The van der Waals surface area contributed by atoms with E-state index in [0.29, 0.717) is 5.56 Å². The Morgan fingerprint density at radius 2 is 1.66 bits per heavy atom. The summed E-state index contributed by atoms with van der Waals surface area (Å²) in [5.41, 5.74) is 0.780. The highest BCUT2D eigenvalue weighted by atomic mass is 32.2. The van der Waals surface area contributed by atoms with Crippen molar-refractivity contribution in [3.05, 3.63) is 71.3 Å². The van der Waals surface area contributed by atoms with Gasteiger partial charge >= 0.3 is 18.2 Å². The highest BCUT2D eigenvalue weighted by Crippen LogP contribution is 2.41. The molecule has 1 fully saturated rings. The topological polar surface area (TPSA) is 97.0 Å². The van der Waals surface area contributed by atoms with Gasteiger partial charge in [-0.2, -0.15) is 13.2 Å². The molecule has 41 heavy (non-hydrogen) atoms. The summed E-state index contributed by atoms with van der Waals surface area (Å²) in [6.07, 6.45) is -5.62. The van der Waals surface area contributed by atoms with Crippen LogP contribution in [0.5, 0.6) is 0 Å². The Labute approximate surface area is 241 Å². The maximum Gasteiger partial charge on any atom is 0.471 e. The van der Waals surface area contributed by atoms with Gasteiger partial charge in [0.25, 0.3) is 0 Å². The van der Waals surface area contributed by atoms with Gasteiger partial charge in [0, 0.05) is 32.3 Å². The molecule has 226 valence electrons. The molecule has 2 aromatic carbocycles. The Bertz CT molecular complexity index is 1180. The van der Waals surface area contributed by atoms with Crippen LogP contribution in [-0.2, 0) is 37.4 Å². The lowest BCUT2D eigenvalue weighted by Crippen LogP contribution is -2.57. The molecule has 1 heterocycles. The maximum absolute atomic E-state index is 13.9. The zero-order valence-electron chi connectivity index (χ0n) is 23.8. The number of ether oxygens (including phenoxy) is 2. The van der Waals surface area contributed by atoms with Crippen LogP contribution in [-0.4, -0.2) is 58.3 Å². The molecule has 2 atom stereocenters. The minimum atomic E-state index is -5.12. The first-order valence-corrected chi connectivity index (χ1v) is 14.6. The van der Waals surface area contributed by atoms with Crippen LogP contribution in [0.25, 0.3) is 0 Å². The molecule has 3 rings (SSSR count). The third kappa shape index (κ3) is 8.76. The number of benzene rings is 2. The predicted octanol–water partition coefficient (Wildman–Crippen LogP) is 5.12. The van der Waals surface area contributed by atoms with Crippen LogP contribution in [0.4, 0.5) is 18.0 Å². The van der Waals surface area contributed by atoms with Gasteiger partial charge in [-0.15, -0.1) is 0 Å². The van der Waals surface area contributed by atoms with Gasteiger partial charge in [-0.05, 0) is 57.2 Å². The van der Waals surface area contributed by atoms with E-state index in [1.165, 1.54) is 0 Å². The number of carbonyl (C=O) groups is 2. The van der Waals surface area contributed by atoms with E-state index < -0.39 is 39.4 Å². The van der Waals surface area contributed by atoms with Crippen molar-refractivity contribution in [2.24, 2.45) is 0 Å². The summed E-state index contributed by atoms with van der Waals surface area (Å²) < 4.78 is 67.3. The van der Waals surface area contributed by atoms with Crippen LogP contribution in [0.2, 0.25) is 0 Å². The van der Waals surface area contributed by atoms with E-state index in [0.717, 1.165) is 16.0 Å². The molecule has 2 N–H and O–H groups in total. The fourth-order valence-corrected chi connectivity index (χ4v) is 5.43. The molecule has 2 amide bonds. The van der Waals surface area contributed by atoms with Gasteiger partial charge in [-0.3, -0.25) is 4.79 Å². The average Bonchev–Trinajstić information content (AvgIpc) is 2.94. The summed E-state index contributed by atoms with van der Waals surface area (Å²) in [5.74, 6) is -1.99. The van der Waals surface area contributed by atoms with Crippen LogP contribution >= 0.6 is 0 Å². The fraction of sp³-hybridized carbons (Fsp3) is 0.517. The molecule has 0 spiro atoms. The number of nitrogens with zero attached hydrogens (tertiary/aromatic N) is 1. The minimum absolute atomic E-state index is 0.00210. The monoisotopic (exact) mass is 597 g/mol. The van der Waals surface area contributed by atoms with Crippen LogP contribution in [0.3, 0.4) is 0 Å². The maximum atomic E-state index is 13.9. The third-order valence-corrected chi connectivity index (χ3v) is 8.61. The Morgan fingerprint density at radius 3 is 2.22 bits per heavy atom. The number of amides is 2. The number of hydrogen-bond acceptors (Lipinski definition) is 5. The third-order valence-electron chi connectivity index (χ3n) is 6.93. The second kappa shape index (κ2) is 13.8. The van der Waals surface area contributed by atoms with E-state index >= 15 is 0 Å². The SMILES string of the molecule is C[C@H](N[S@](=O)C(C)(C)C)c1ccc(C2(N(CCNC(=O)OCc3ccccc3)C(=O)C(F)(F)F)CCOCC2)cc1. The molecular formula is C29H38F3N3O5S. The lowest BCUT2D eigenvalue weighted by molar-refractivity contribution is -0.195. The Kier molecular flexibility index (Phi) is 11.0. The molecule has 0 saturated carbocycles. The normalized spacial score (nSPS) is 16.9. The molecule has 1 aliphatic heterocycles. The number of alkyl halides is 3. The van der Waals surface area contributed by atoms with Crippen LogP contribution in [0.15, 0.2) is 54.6 Å². The number of alkyl carbamates (subject to hydrolysis) is 1. The molecule has 0 bridgehead atoms. The lowest BCUT2D eigenvalue weighted by atomic mass is 9.80. The van der Waals surface area contributed by atoms with E-state index in [1.807, 2.05) is 33.8 Å². The Morgan fingerprint density at radius 1 is 1.05 bits per heavy atom. The first-order chi connectivity index (χ1) is 19.2. The van der Waals surface area contributed by atoms with Gasteiger partial charge in [0.05, 0.1) is 21.3 Å². The van der Waals surface area contributed by atoms with Gasteiger partial charge in [-0.25, -0.2) is 13.7 Å². The minimum Gasteiger partial charge on any atom is -0.445 e. The average molecular weight is 598 g/mol. The molecule has 1 aliphatic rings. The van der Waals surface area contributed by atoms with E-state index in [4.69, 9.17) is 9.47 Å². The molecule has 12 heteroatoms. The molecule has 0 unspecified atom stereocenters. The first kappa shape index (κ1) is 32.6. The molecule has 0 aliphatic carbocycles. The van der Waals surface area contributed by atoms with Gasteiger partial charge < -0.3 is 19.7 Å². The summed E-state index contributed by atoms with van der Waals surface area (Å²) in [6, 6.07) is 15.6. The fourth-order valence-electron chi connectivity index (χ4n) is 4.62. The largest absolute Gasteiger partial charge is 0.471 e. The van der Waals surface area contributed by atoms with Crippen molar-refractivity contribution in [1.29, 1.82) is 0 Å². The summed E-state index contributed by atoms with van der Waals surface area (Å²) >= 11 is 0. The molecule has 2 aromatic rings. The zero-order valence-corrected chi connectivity index (χ0v) is 24.6. The van der Waals surface area contributed by atoms with E-state index in [1.54, 1.807) is 48.5 Å². The first-order valence-electron chi connectivity index (χ1n) is 13.4. The standard InChI is InChI=1S/C29H38F3N3O5S/c1-21(34-41(38)27(2,3)4)23-10-12-24(13-11-23)28(14-18-39-19-15-28)35(25(36)29(30,31)32)17-16-33-26(37)40-20-22-8-6-5-7-9-22/h5-13,21,34H,14-20H2,1-4H3,(H,33,37)/t21-,41+/m0/s1. The lowest BCUT2D eigenvalue weighted by Gasteiger charge is -2.47. The Hall–Kier alpha value is -2.96. The van der Waals surface area contributed by atoms with Crippen molar-refractivity contribution in [3.63, 3.8) is 0 Å². The van der Waals surface area contributed by atoms with Crippen LogP contribution in [0, 0.1) is 0 Å². The van der Waals surface area contributed by atoms with E-state index in [-0.39, 0.29) is 51.8 Å². The van der Waals surface area contributed by atoms with E-state index in [2.05, 4.69) is 10.0 Å². The number of hydrogen-bond donors (Lipinski definition) is 2. The van der Waals surface area contributed by atoms with Gasteiger partial charge in [-0.1, -0.05) is 54.6 Å². The van der Waals surface area contributed by atoms with Gasteiger partial charge in [0.15, 0.2) is 0 Å². The van der Waals surface area contributed by atoms with Crippen molar-refractivity contribution in [2.45, 2.75) is 69.6 Å². The second-order valence-electron chi connectivity index (χ2n) is 10.9. The summed E-state index contributed by atoms with van der Waals surface area (Å²) in [4.78, 5) is 25.8. The molecule has 0 aromatic heterocycles. The summed E-state index contributed by atoms with van der Waals surface area (Å²) in [6.45, 7) is 7.11. The molecule has 1 saturated heterocycles. The van der Waals surface area contributed by atoms with Crippen LogP contribution < -0.4 is 10.0 Å². The van der Waals surface area contributed by atoms with E-state index in [9.17, 15) is 27.0 Å². The molecular weight excluding hydrogens is 559 g/mol. The number of rotatable bonds is 10. The second-order valence-corrected chi connectivity index (χ2v) is 12.9. The quantitative estimate of drug-likeness (QED) is 0.396. The van der Waals surface area contributed by atoms with Crippen molar-refractivity contribution >= 4 is 23.0 Å². The van der Waals surface area contributed by atoms with Gasteiger partial charge in [0.1, 0.15) is 6.61 Å². The highest BCUT2D eigenvalue weighted by Gasteiger charge is 2.51. The molecule has 8 nitrogen and oxygen atoms in total. The number of carbonyl (C=O) groups excluding carboxylic acids is 2. The Balaban J connectivity index is 1.80. The summed E-state index contributed by atoms with van der Waals surface area (Å²) in [5, 5.41) is 2.46.